The molecule has 0 aliphatic carbocycles. The monoisotopic (exact) mass is 254 g/mol. The Balaban J connectivity index is 2.27. The number of esters is 2. The highest BCUT2D eigenvalue weighted by Gasteiger charge is 2.31. The molecule has 0 N–H and O–H groups in total. The maximum atomic E-state index is 11.4. The van der Waals surface area contributed by atoms with Crippen molar-refractivity contribution < 1.29 is 19.1 Å². The Hall–Kier alpha value is -1.32. The Bertz CT molecular complexity index is 320. The largest absolute Gasteiger partial charge is 0.466 e. The van der Waals surface area contributed by atoms with Gasteiger partial charge in [-0.25, -0.2) is 9.59 Å². The van der Waals surface area contributed by atoms with Crippen molar-refractivity contribution in [1.29, 1.82) is 0 Å². The van der Waals surface area contributed by atoms with E-state index in [1.54, 1.807) is 0 Å². The highest BCUT2D eigenvalue weighted by molar-refractivity contribution is 6.00. The molecule has 1 aliphatic heterocycles. The topological polar surface area (TPSA) is 52.6 Å². The van der Waals surface area contributed by atoms with Gasteiger partial charge in [-0.2, -0.15) is 0 Å². The van der Waals surface area contributed by atoms with E-state index in [-0.39, 0.29) is 0 Å². The van der Waals surface area contributed by atoms with Gasteiger partial charge in [0.25, 0.3) is 0 Å². The third-order valence-corrected chi connectivity index (χ3v) is 3.12. The van der Waals surface area contributed by atoms with Crippen LogP contribution in [-0.2, 0) is 19.1 Å². The lowest BCUT2D eigenvalue weighted by molar-refractivity contribution is -0.140. The van der Waals surface area contributed by atoms with Crippen LogP contribution in [0.15, 0.2) is 11.6 Å². The number of carbonyl (C=O) groups excluding carboxylic acids is 2. The van der Waals surface area contributed by atoms with Gasteiger partial charge in [-0.15, -0.1) is 0 Å². The molecule has 0 aromatic rings. The molecular formula is C14H22O4. The van der Waals surface area contributed by atoms with E-state index in [1.165, 1.54) is 38.9 Å². The van der Waals surface area contributed by atoms with Gasteiger partial charge in [0.15, 0.2) is 0 Å². The van der Waals surface area contributed by atoms with Crippen molar-refractivity contribution in [3.8, 4) is 0 Å². The van der Waals surface area contributed by atoms with Crippen LogP contribution < -0.4 is 0 Å². The highest BCUT2D eigenvalue weighted by Crippen LogP contribution is 2.22. The molecule has 0 saturated carbocycles. The van der Waals surface area contributed by atoms with Gasteiger partial charge in [-0.05, 0) is 12.8 Å². The van der Waals surface area contributed by atoms with Crippen molar-refractivity contribution in [2.24, 2.45) is 0 Å². The fourth-order valence-electron chi connectivity index (χ4n) is 2.09. The fraction of sp³-hybridized carbons (Fsp3) is 0.714. The minimum absolute atomic E-state index is 0.357. The van der Waals surface area contributed by atoms with Crippen molar-refractivity contribution in [2.75, 3.05) is 7.11 Å². The Morgan fingerprint density at radius 2 is 1.94 bits per heavy atom. The molecule has 0 saturated heterocycles. The molecule has 0 amide bonds. The van der Waals surface area contributed by atoms with Crippen LogP contribution in [0.3, 0.4) is 0 Å². The Labute approximate surface area is 108 Å². The summed E-state index contributed by atoms with van der Waals surface area (Å²) < 4.78 is 9.72. The zero-order valence-corrected chi connectivity index (χ0v) is 11.2. The molecule has 1 unspecified atom stereocenters. The van der Waals surface area contributed by atoms with Crippen LogP contribution in [0.2, 0.25) is 0 Å². The highest BCUT2D eigenvalue weighted by atomic mass is 16.6. The predicted octanol–water partition coefficient (Wildman–Crippen LogP) is 2.76. The summed E-state index contributed by atoms with van der Waals surface area (Å²) in [5.41, 5.74) is 0.357. The van der Waals surface area contributed by atoms with Gasteiger partial charge in [0.2, 0.25) is 0 Å². The van der Waals surface area contributed by atoms with Gasteiger partial charge >= 0.3 is 11.9 Å². The van der Waals surface area contributed by atoms with E-state index in [2.05, 4.69) is 11.7 Å². The predicted molar refractivity (Wildman–Crippen MR) is 68.0 cm³/mol. The molecule has 0 aromatic carbocycles. The van der Waals surface area contributed by atoms with E-state index in [0.717, 1.165) is 12.8 Å². The molecule has 1 aliphatic rings. The standard InChI is InChI=1S/C14H22O4/c1-3-4-5-6-7-8-9-12-11(14(16)17-2)10-13(15)18-12/h10,12H,3-9H2,1-2H3. The van der Waals surface area contributed by atoms with Crippen molar-refractivity contribution >= 4 is 11.9 Å². The number of methoxy groups -OCH3 is 1. The van der Waals surface area contributed by atoms with Gasteiger partial charge in [0.1, 0.15) is 6.10 Å². The minimum atomic E-state index is -0.461. The molecule has 102 valence electrons. The van der Waals surface area contributed by atoms with Gasteiger partial charge in [0.05, 0.1) is 12.7 Å². The van der Waals surface area contributed by atoms with Crippen molar-refractivity contribution in [3.63, 3.8) is 0 Å². The van der Waals surface area contributed by atoms with E-state index in [4.69, 9.17) is 4.74 Å². The first kappa shape index (κ1) is 14.7. The summed E-state index contributed by atoms with van der Waals surface area (Å²) in [7, 11) is 1.31. The Morgan fingerprint density at radius 1 is 1.28 bits per heavy atom. The molecule has 18 heavy (non-hydrogen) atoms. The Kier molecular flexibility index (Phi) is 6.47. The molecule has 1 rings (SSSR count). The van der Waals surface area contributed by atoms with E-state index in [9.17, 15) is 9.59 Å². The SMILES string of the molecule is CCCCCCCCC1OC(=O)C=C1C(=O)OC. The molecular weight excluding hydrogens is 232 g/mol. The average Bonchev–Trinajstić information content (AvgIpc) is 2.74. The summed E-state index contributed by atoms with van der Waals surface area (Å²) in [4.78, 5) is 22.6. The van der Waals surface area contributed by atoms with E-state index < -0.39 is 18.0 Å². The number of ether oxygens (including phenoxy) is 2. The zero-order chi connectivity index (χ0) is 13.4. The summed E-state index contributed by atoms with van der Waals surface area (Å²) in [5, 5.41) is 0. The summed E-state index contributed by atoms with van der Waals surface area (Å²) in [6.07, 6.45) is 8.58. The molecule has 1 atom stereocenters. The second-order valence-corrected chi connectivity index (χ2v) is 4.57. The minimum Gasteiger partial charge on any atom is -0.466 e. The average molecular weight is 254 g/mol. The second kappa shape index (κ2) is 7.90. The lowest BCUT2D eigenvalue weighted by Gasteiger charge is -2.12. The van der Waals surface area contributed by atoms with Crippen LogP contribution >= 0.6 is 0 Å². The van der Waals surface area contributed by atoms with E-state index >= 15 is 0 Å². The number of cyclic esters (lactones) is 1. The van der Waals surface area contributed by atoms with Gasteiger partial charge in [-0.1, -0.05) is 39.0 Å². The van der Waals surface area contributed by atoms with Crippen molar-refractivity contribution in [2.45, 2.75) is 58.0 Å². The molecule has 4 heteroatoms. The number of unbranched alkanes of at least 4 members (excludes halogenated alkanes) is 5. The first-order valence-electron chi connectivity index (χ1n) is 6.69. The number of rotatable bonds is 8. The number of hydrogen-bond donors (Lipinski definition) is 0. The molecule has 0 spiro atoms. The lowest BCUT2D eigenvalue weighted by atomic mass is 10.0. The van der Waals surface area contributed by atoms with Crippen LogP contribution in [0.1, 0.15) is 51.9 Å². The van der Waals surface area contributed by atoms with Crippen LogP contribution in [0.4, 0.5) is 0 Å². The zero-order valence-electron chi connectivity index (χ0n) is 11.2. The molecule has 4 nitrogen and oxygen atoms in total. The summed E-state index contributed by atoms with van der Waals surface area (Å²) in [6.45, 7) is 2.19. The van der Waals surface area contributed by atoms with Crippen LogP contribution in [-0.4, -0.2) is 25.2 Å². The molecule has 1 heterocycles. The van der Waals surface area contributed by atoms with Crippen LogP contribution in [0, 0.1) is 0 Å². The van der Waals surface area contributed by atoms with Gasteiger partial charge < -0.3 is 9.47 Å². The smallest absolute Gasteiger partial charge is 0.337 e. The summed E-state index contributed by atoms with van der Waals surface area (Å²) in [5.74, 6) is -0.900. The van der Waals surface area contributed by atoms with Gasteiger partial charge in [-0.3, -0.25) is 0 Å². The first-order valence-corrected chi connectivity index (χ1v) is 6.69. The maximum absolute atomic E-state index is 11.4. The summed E-state index contributed by atoms with van der Waals surface area (Å²) >= 11 is 0. The van der Waals surface area contributed by atoms with E-state index in [0.29, 0.717) is 12.0 Å². The molecule has 0 bridgehead atoms. The molecule has 0 aromatic heterocycles. The lowest BCUT2D eigenvalue weighted by Crippen LogP contribution is -2.18. The first-order chi connectivity index (χ1) is 8.69. The van der Waals surface area contributed by atoms with E-state index in [1.807, 2.05) is 0 Å². The number of hydrogen-bond acceptors (Lipinski definition) is 4. The second-order valence-electron chi connectivity index (χ2n) is 4.57. The van der Waals surface area contributed by atoms with Gasteiger partial charge in [0, 0.05) is 6.08 Å². The number of carbonyl (C=O) groups is 2. The molecule has 0 fully saturated rings. The Morgan fingerprint density at radius 3 is 2.61 bits per heavy atom. The van der Waals surface area contributed by atoms with Crippen LogP contribution in [0.5, 0.6) is 0 Å². The quantitative estimate of drug-likeness (QED) is 0.493. The maximum Gasteiger partial charge on any atom is 0.337 e. The van der Waals surface area contributed by atoms with Crippen LogP contribution in [0.25, 0.3) is 0 Å². The third-order valence-electron chi connectivity index (χ3n) is 3.12. The molecule has 0 radical (unpaired) electrons. The van der Waals surface area contributed by atoms with Crippen molar-refractivity contribution in [1.82, 2.24) is 0 Å². The fourth-order valence-corrected chi connectivity index (χ4v) is 2.09. The third kappa shape index (κ3) is 4.51. The van der Waals surface area contributed by atoms with Crippen molar-refractivity contribution in [3.05, 3.63) is 11.6 Å². The normalized spacial score (nSPS) is 18.4. The summed E-state index contributed by atoms with van der Waals surface area (Å²) in [6, 6.07) is 0.